The SMILES string of the molecule is CC1CCNCC1NC(=O)CCCN1C(=O)c2cccc3cccc(c23)C1=O.Cl. The van der Waals surface area contributed by atoms with Gasteiger partial charge in [0.25, 0.3) is 11.8 Å². The summed E-state index contributed by atoms with van der Waals surface area (Å²) in [5.74, 6) is -0.132. The lowest BCUT2D eigenvalue weighted by molar-refractivity contribution is -0.122. The van der Waals surface area contributed by atoms with E-state index in [0.29, 0.717) is 29.9 Å². The highest BCUT2D eigenvalue weighted by atomic mass is 35.5. The van der Waals surface area contributed by atoms with Gasteiger partial charge >= 0.3 is 0 Å². The minimum atomic E-state index is -0.278. The van der Waals surface area contributed by atoms with Gasteiger partial charge < -0.3 is 10.6 Å². The largest absolute Gasteiger partial charge is 0.352 e. The van der Waals surface area contributed by atoms with Crippen LogP contribution in [-0.2, 0) is 4.79 Å². The number of hydrogen-bond acceptors (Lipinski definition) is 4. The summed E-state index contributed by atoms with van der Waals surface area (Å²) in [6.45, 7) is 4.17. The lowest BCUT2D eigenvalue weighted by Gasteiger charge is -2.30. The number of hydrogen-bond donors (Lipinski definition) is 2. The first kappa shape index (κ1) is 21.3. The molecule has 3 amide bonds. The van der Waals surface area contributed by atoms with Crippen molar-refractivity contribution in [3.8, 4) is 0 Å². The molecule has 0 spiro atoms. The van der Waals surface area contributed by atoms with Crippen LogP contribution in [0.2, 0.25) is 0 Å². The second-order valence-corrected chi connectivity index (χ2v) is 7.72. The number of carbonyl (C=O) groups is 3. The van der Waals surface area contributed by atoms with Gasteiger partial charge in [-0.2, -0.15) is 0 Å². The summed E-state index contributed by atoms with van der Waals surface area (Å²) in [6, 6.07) is 11.1. The second-order valence-electron chi connectivity index (χ2n) is 7.72. The minimum Gasteiger partial charge on any atom is -0.352 e. The van der Waals surface area contributed by atoms with Crippen molar-refractivity contribution in [2.45, 2.75) is 32.2 Å². The average Bonchev–Trinajstić information content (AvgIpc) is 2.70. The maximum absolute atomic E-state index is 12.8. The molecule has 29 heavy (non-hydrogen) atoms. The summed E-state index contributed by atoms with van der Waals surface area (Å²) in [5, 5.41) is 7.99. The van der Waals surface area contributed by atoms with Crippen LogP contribution < -0.4 is 10.6 Å². The molecule has 2 atom stereocenters. The van der Waals surface area contributed by atoms with Gasteiger partial charge in [-0.25, -0.2) is 0 Å². The van der Waals surface area contributed by atoms with Crippen molar-refractivity contribution < 1.29 is 14.4 Å². The minimum absolute atomic E-state index is 0. The Morgan fingerprint density at radius 1 is 1.14 bits per heavy atom. The highest BCUT2D eigenvalue weighted by Crippen LogP contribution is 2.30. The first-order valence-corrected chi connectivity index (χ1v) is 9.94. The third kappa shape index (κ3) is 4.14. The van der Waals surface area contributed by atoms with Gasteiger partial charge in [0, 0.05) is 42.1 Å². The molecule has 2 aromatic rings. The Labute approximate surface area is 176 Å². The first-order valence-electron chi connectivity index (χ1n) is 9.94. The number of amides is 3. The maximum atomic E-state index is 12.8. The summed E-state index contributed by atoms with van der Waals surface area (Å²) in [6.07, 6.45) is 1.80. The Hall–Kier alpha value is -2.44. The van der Waals surface area contributed by atoms with Gasteiger partial charge in [-0.3, -0.25) is 19.3 Å². The average molecular weight is 416 g/mol. The highest BCUT2D eigenvalue weighted by Gasteiger charge is 2.32. The maximum Gasteiger partial charge on any atom is 0.261 e. The number of benzene rings is 2. The van der Waals surface area contributed by atoms with Gasteiger partial charge in [0.05, 0.1) is 0 Å². The normalized spacial score (nSPS) is 21.1. The molecule has 0 radical (unpaired) electrons. The molecule has 2 N–H and O–H groups in total. The van der Waals surface area contributed by atoms with E-state index in [0.717, 1.165) is 30.3 Å². The molecule has 0 aliphatic carbocycles. The van der Waals surface area contributed by atoms with Crippen LogP contribution in [-0.4, -0.2) is 48.3 Å². The molecular formula is C22H26ClN3O3. The van der Waals surface area contributed by atoms with E-state index in [2.05, 4.69) is 17.6 Å². The molecule has 2 aliphatic heterocycles. The summed E-state index contributed by atoms with van der Waals surface area (Å²) in [5.41, 5.74) is 1.11. The number of piperidine rings is 1. The van der Waals surface area contributed by atoms with Crippen LogP contribution in [0.3, 0.4) is 0 Å². The summed E-state index contributed by atoms with van der Waals surface area (Å²) in [4.78, 5) is 39.3. The van der Waals surface area contributed by atoms with Gasteiger partial charge in [-0.15, -0.1) is 12.4 Å². The van der Waals surface area contributed by atoms with E-state index in [1.54, 1.807) is 12.1 Å². The fraction of sp³-hybridized carbons (Fsp3) is 0.409. The number of imide groups is 1. The fourth-order valence-corrected chi connectivity index (χ4v) is 4.14. The molecule has 0 aromatic heterocycles. The van der Waals surface area contributed by atoms with E-state index in [4.69, 9.17) is 0 Å². The second kappa shape index (κ2) is 8.93. The molecule has 2 aromatic carbocycles. The van der Waals surface area contributed by atoms with E-state index >= 15 is 0 Å². The van der Waals surface area contributed by atoms with Crippen LogP contribution in [0.15, 0.2) is 36.4 Å². The lowest BCUT2D eigenvalue weighted by atomic mass is 9.94. The molecule has 7 heteroatoms. The Morgan fingerprint density at radius 2 is 1.79 bits per heavy atom. The number of nitrogens with one attached hydrogen (secondary N) is 2. The summed E-state index contributed by atoms with van der Waals surface area (Å²) >= 11 is 0. The third-order valence-corrected chi connectivity index (χ3v) is 5.82. The smallest absolute Gasteiger partial charge is 0.261 e. The number of rotatable bonds is 5. The highest BCUT2D eigenvalue weighted by molar-refractivity contribution is 6.25. The molecule has 2 unspecified atom stereocenters. The van der Waals surface area contributed by atoms with E-state index in [1.165, 1.54) is 4.90 Å². The fourth-order valence-electron chi connectivity index (χ4n) is 4.14. The first-order chi connectivity index (χ1) is 13.6. The van der Waals surface area contributed by atoms with E-state index in [1.807, 2.05) is 24.3 Å². The van der Waals surface area contributed by atoms with Gasteiger partial charge in [0.15, 0.2) is 0 Å². The summed E-state index contributed by atoms with van der Waals surface area (Å²) < 4.78 is 0. The van der Waals surface area contributed by atoms with E-state index in [9.17, 15) is 14.4 Å². The Balaban J connectivity index is 0.00000240. The van der Waals surface area contributed by atoms with Crippen LogP contribution in [0.1, 0.15) is 46.9 Å². The predicted molar refractivity (Wildman–Crippen MR) is 114 cm³/mol. The Kier molecular flexibility index (Phi) is 6.55. The van der Waals surface area contributed by atoms with Crippen LogP contribution >= 0.6 is 12.4 Å². The van der Waals surface area contributed by atoms with Crippen molar-refractivity contribution in [3.05, 3.63) is 47.5 Å². The van der Waals surface area contributed by atoms with Gasteiger partial charge in [0.1, 0.15) is 0 Å². The monoisotopic (exact) mass is 415 g/mol. The predicted octanol–water partition coefficient (Wildman–Crippen LogP) is 2.75. The third-order valence-electron chi connectivity index (χ3n) is 5.82. The summed E-state index contributed by atoms with van der Waals surface area (Å²) in [7, 11) is 0. The standard InChI is InChI=1S/C22H25N3O3.ClH/c1-14-10-11-23-13-18(14)24-19(26)9-4-12-25-21(27)16-7-2-5-15-6-3-8-17(20(15)16)22(25)28;/h2-3,5-8,14,18,23H,4,9-13H2,1H3,(H,24,26);1H. The van der Waals surface area contributed by atoms with Crippen LogP contribution in [0, 0.1) is 5.92 Å². The molecule has 1 fully saturated rings. The van der Waals surface area contributed by atoms with Crippen LogP contribution in [0.25, 0.3) is 10.8 Å². The van der Waals surface area contributed by atoms with Crippen molar-refractivity contribution in [2.24, 2.45) is 5.92 Å². The molecule has 154 valence electrons. The van der Waals surface area contributed by atoms with Crippen molar-refractivity contribution in [1.29, 1.82) is 0 Å². The zero-order valence-electron chi connectivity index (χ0n) is 16.4. The molecular weight excluding hydrogens is 390 g/mol. The van der Waals surface area contributed by atoms with E-state index < -0.39 is 0 Å². The number of nitrogens with zero attached hydrogens (tertiary/aromatic N) is 1. The molecule has 1 saturated heterocycles. The quantitative estimate of drug-likeness (QED) is 0.736. The van der Waals surface area contributed by atoms with Crippen molar-refractivity contribution in [2.75, 3.05) is 19.6 Å². The number of carbonyl (C=O) groups excluding carboxylic acids is 3. The Bertz CT molecular complexity index is 895. The van der Waals surface area contributed by atoms with Crippen molar-refractivity contribution >= 4 is 40.9 Å². The van der Waals surface area contributed by atoms with Gasteiger partial charge in [-0.1, -0.05) is 31.2 Å². The van der Waals surface area contributed by atoms with Crippen LogP contribution in [0.4, 0.5) is 0 Å². The van der Waals surface area contributed by atoms with Gasteiger partial charge in [-0.05, 0) is 42.8 Å². The zero-order valence-corrected chi connectivity index (χ0v) is 17.3. The molecule has 0 saturated carbocycles. The molecule has 2 aliphatic rings. The van der Waals surface area contributed by atoms with Crippen LogP contribution in [0.5, 0.6) is 0 Å². The molecule has 4 rings (SSSR count). The lowest BCUT2D eigenvalue weighted by Crippen LogP contribution is -2.50. The topological polar surface area (TPSA) is 78.5 Å². The van der Waals surface area contributed by atoms with Crippen molar-refractivity contribution in [1.82, 2.24) is 15.5 Å². The molecule has 0 bridgehead atoms. The number of halogens is 1. The molecule has 2 heterocycles. The van der Waals surface area contributed by atoms with Gasteiger partial charge in [0.2, 0.25) is 5.91 Å². The van der Waals surface area contributed by atoms with E-state index in [-0.39, 0.29) is 42.7 Å². The Morgan fingerprint density at radius 3 is 2.41 bits per heavy atom. The molecule has 6 nitrogen and oxygen atoms in total. The zero-order chi connectivity index (χ0) is 19.7. The van der Waals surface area contributed by atoms with Crippen molar-refractivity contribution in [3.63, 3.8) is 0 Å².